The number of aliphatic carboxylic acids is 1. The van der Waals surface area contributed by atoms with Crippen molar-refractivity contribution in [3.8, 4) is 0 Å². The van der Waals surface area contributed by atoms with Gasteiger partial charge in [-0.05, 0) is 36.5 Å². The number of anilines is 1. The Morgan fingerprint density at radius 2 is 1.90 bits per heavy atom. The summed E-state index contributed by atoms with van der Waals surface area (Å²) in [6.45, 7) is 0. The molecule has 0 unspecified atom stereocenters. The van der Waals surface area contributed by atoms with Crippen molar-refractivity contribution < 1.29 is 14.7 Å². The van der Waals surface area contributed by atoms with Gasteiger partial charge in [0.25, 0.3) is 0 Å². The second-order valence-electron chi connectivity index (χ2n) is 5.34. The van der Waals surface area contributed by atoms with Crippen molar-refractivity contribution in [3.63, 3.8) is 0 Å². The first-order valence-electron chi connectivity index (χ1n) is 6.54. The van der Waals surface area contributed by atoms with E-state index in [9.17, 15) is 14.7 Å². The zero-order valence-corrected chi connectivity index (χ0v) is 11.4. The van der Waals surface area contributed by atoms with Gasteiger partial charge in [0.1, 0.15) is 0 Å². The van der Waals surface area contributed by atoms with E-state index in [2.05, 4.69) is 5.32 Å². The maximum absolute atomic E-state index is 12.4. The van der Waals surface area contributed by atoms with Crippen molar-refractivity contribution in [3.05, 3.63) is 41.4 Å². The highest BCUT2D eigenvalue weighted by Gasteiger charge is 2.51. The molecular weight excluding hydrogens is 278 g/mol. The molecule has 1 saturated carbocycles. The summed E-state index contributed by atoms with van der Waals surface area (Å²) in [5.74, 6) is -2.25. The van der Waals surface area contributed by atoms with Crippen LogP contribution in [0.3, 0.4) is 0 Å². The minimum absolute atomic E-state index is 0.0207. The molecule has 0 spiro atoms. The van der Waals surface area contributed by atoms with Gasteiger partial charge in [-0.2, -0.15) is 0 Å². The smallest absolute Gasteiger partial charge is 0.307 e. The first-order chi connectivity index (χ1) is 9.56. The summed E-state index contributed by atoms with van der Waals surface area (Å²) in [4.78, 5) is 23.8. The minimum Gasteiger partial charge on any atom is -0.481 e. The van der Waals surface area contributed by atoms with Crippen LogP contribution in [-0.4, -0.2) is 17.0 Å². The molecule has 2 N–H and O–H groups in total. The number of halogens is 1. The Labute approximate surface area is 121 Å². The predicted molar refractivity (Wildman–Crippen MR) is 75.4 cm³/mol. The van der Waals surface area contributed by atoms with E-state index in [0.29, 0.717) is 10.7 Å². The average Bonchev–Trinajstić information content (AvgIpc) is 2.98. The number of hydrogen-bond acceptors (Lipinski definition) is 2. The van der Waals surface area contributed by atoms with E-state index in [4.69, 9.17) is 11.6 Å². The van der Waals surface area contributed by atoms with Crippen molar-refractivity contribution in [1.29, 1.82) is 0 Å². The first-order valence-corrected chi connectivity index (χ1v) is 6.91. The van der Waals surface area contributed by atoms with Crippen LogP contribution in [0.5, 0.6) is 0 Å². The molecule has 4 nitrogen and oxygen atoms in total. The highest BCUT2D eigenvalue weighted by molar-refractivity contribution is 6.30. The highest BCUT2D eigenvalue weighted by atomic mass is 35.5. The van der Waals surface area contributed by atoms with Gasteiger partial charge in [0.05, 0.1) is 11.8 Å². The fourth-order valence-corrected chi connectivity index (χ4v) is 3.50. The number of hydrogen-bond donors (Lipinski definition) is 2. The number of nitrogens with one attached hydrogen (secondary N) is 1. The zero-order valence-electron chi connectivity index (χ0n) is 10.6. The molecule has 0 aromatic heterocycles. The Balaban J connectivity index is 1.80. The molecule has 1 aromatic rings. The molecule has 2 aliphatic carbocycles. The summed E-state index contributed by atoms with van der Waals surface area (Å²) >= 11 is 5.87. The first kappa shape index (κ1) is 13.2. The fraction of sp³-hybridized carbons (Fsp3) is 0.333. The quantitative estimate of drug-likeness (QED) is 0.842. The van der Waals surface area contributed by atoms with Crippen molar-refractivity contribution in [2.24, 2.45) is 23.7 Å². The maximum atomic E-state index is 12.4. The van der Waals surface area contributed by atoms with Crippen LogP contribution in [0.15, 0.2) is 36.4 Å². The summed E-state index contributed by atoms with van der Waals surface area (Å²) in [5.41, 5.74) is 0.596. The lowest BCUT2D eigenvalue weighted by Crippen LogP contribution is -2.36. The molecule has 1 aromatic carbocycles. The highest BCUT2D eigenvalue weighted by Crippen LogP contribution is 2.48. The van der Waals surface area contributed by atoms with Crippen LogP contribution in [0.1, 0.15) is 6.42 Å². The van der Waals surface area contributed by atoms with Gasteiger partial charge in [0.15, 0.2) is 0 Å². The summed E-state index contributed by atoms with van der Waals surface area (Å²) < 4.78 is 0. The molecule has 0 heterocycles. The van der Waals surface area contributed by atoms with Crippen LogP contribution in [-0.2, 0) is 9.59 Å². The third-order valence-electron chi connectivity index (χ3n) is 4.14. The lowest BCUT2D eigenvalue weighted by atomic mass is 9.82. The number of carbonyl (C=O) groups is 2. The van der Waals surface area contributed by atoms with Gasteiger partial charge in [-0.1, -0.05) is 29.8 Å². The van der Waals surface area contributed by atoms with E-state index < -0.39 is 17.8 Å². The molecule has 0 radical (unpaired) electrons. The molecule has 0 saturated heterocycles. The Morgan fingerprint density at radius 1 is 1.20 bits per heavy atom. The minimum atomic E-state index is -0.895. The summed E-state index contributed by atoms with van der Waals surface area (Å²) in [5, 5.41) is 12.6. The van der Waals surface area contributed by atoms with Crippen LogP contribution in [0.2, 0.25) is 5.02 Å². The van der Waals surface area contributed by atoms with Crippen LogP contribution in [0.25, 0.3) is 0 Å². The number of amides is 1. The van der Waals surface area contributed by atoms with E-state index in [-0.39, 0.29) is 17.7 Å². The van der Waals surface area contributed by atoms with Crippen LogP contribution < -0.4 is 5.32 Å². The van der Waals surface area contributed by atoms with Crippen molar-refractivity contribution >= 4 is 29.2 Å². The third kappa shape index (κ3) is 2.20. The second kappa shape index (κ2) is 4.94. The van der Waals surface area contributed by atoms with Crippen LogP contribution in [0.4, 0.5) is 5.69 Å². The second-order valence-corrected chi connectivity index (χ2v) is 5.77. The Bertz CT molecular complexity index is 599. The van der Waals surface area contributed by atoms with E-state index in [1.807, 2.05) is 12.2 Å². The predicted octanol–water partition coefficient (Wildman–Crippen LogP) is 2.80. The van der Waals surface area contributed by atoms with Gasteiger partial charge in [0.2, 0.25) is 5.91 Å². The van der Waals surface area contributed by atoms with Crippen molar-refractivity contribution in [1.82, 2.24) is 0 Å². The van der Waals surface area contributed by atoms with Gasteiger partial charge in [-0.25, -0.2) is 0 Å². The number of carboxylic acids is 1. The lowest BCUT2D eigenvalue weighted by Gasteiger charge is -2.23. The largest absolute Gasteiger partial charge is 0.481 e. The molecule has 1 fully saturated rings. The third-order valence-corrected chi connectivity index (χ3v) is 4.37. The Morgan fingerprint density at radius 3 is 2.55 bits per heavy atom. The van der Waals surface area contributed by atoms with Gasteiger partial charge >= 0.3 is 5.97 Å². The van der Waals surface area contributed by atoms with E-state index in [0.717, 1.165) is 6.42 Å². The molecule has 1 amide bonds. The molecule has 5 heteroatoms. The monoisotopic (exact) mass is 291 g/mol. The average molecular weight is 292 g/mol. The van der Waals surface area contributed by atoms with E-state index in [1.165, 1.54) is 0 Å². The summed E-state index contributed by atoms with van der Waals surface area (Å²) in [6.07, 6.45) is 4.64. The SMILES string of the molecule is O=C(O)[C@@H]1[C@H](C(=O)Nc2cccc(Cl)c2)[C@H]2C=C[C@@H]1C2. The maximum Gasteiger partial charge on any atom is 0.307 e. The van der Waals surface area contributed by atoms with E-state index >= 15 is 0 Å². The molecular formula is C15H14ClNO3. The molecule has 2 bridgehead atoms. The van der Waals surface area contributed by atoms with E-state index in [1.54, 1.807) is 24.3 Å². The number of rotatable bonds is 3. The van der Waals surface area contributed by atoms with Gasteiger partial charge in [-0.3, -0.25) is 9.59 Å². The molecule has 104 valence electrons. The van der Waals surface area contributed by atoms with Gasteiger partial charge in [0, 0.05) is 10.7 Å². The van der Waals surface area contributed by atoms with Gasteiger partial charge < -0.3 is 10.4 Å². The molecule has 4 atom stereocenters. The molecule has 2 aliphatic rings. The number of carbonyl (C=O) groups excluding carboxylic acids is 1. The molecule has 20 heavy (non-hydrogen) atoms. The topological polar surface area (TPSA) is 66.4 Å². The Hall–Kier alpha value is -1.81. The van der Waals surface area contributed by atoms with Crippen molar-refractivity contribution in [2.75, 3.05) is 5.32 Å². The van der Waals surface area contributed by atoms with Crippen LogP contribution in [0, 0.1) is 23.7 Å². The van der Waals surface area contributed by atoms with Crippen LogP contribution >= 0.6 is 11.6 Å². The number of benzene rings is 1. The standard InChI is InChI=1S/C15H14ClNO3/c16-10-2-1-3-11(7-10)17-14(18)12-8-4-5-9(6-8)13(12)15(19)20/h1-5,7-9,12-13H,6H2,(H,17,18)(H,19,20)/t8-,9+,12+,13-/m0/s1. The summed E-state index contributed by atoms with van der Waals surface area (Å²) in [6, 6.07) is 6.85. The Kier molecular flexibility index (Phi) is 3.26. The zero-order chi connectivity index (χ0) is 14.3. The normalized spacial score (nSPS) is 30.4. The number of allylic oxidation sites excluding steroid dienone is 2. The lowest BCUT2D eigenvalue weighted by molar-refractivity contribution is -0.146. The molecule has 3 rings (SSSR count). The van der Waals surface area contributed by atoms with Crippen molar-refractivity contribution in [2.45, 2.75) is 6.42 Å². The fourth-order valence-electron chi connectivity index (χ4n) is 3.31. The number of fused-ring (bicyclic) bond motifs is 2. The summed E-state index contributed by atoms with van der Waals surface area (Å²) in [7, 11) is 0. The number of carboxylic acid groups (broad SMARTS) is 1. The van der Waals surface area contributed by atoms with Gasteiger partial charge in [-0.15, -0.1) is 0 Å². The molecule has 0 aliphatic heterocycles.